The smallest absolute Gasteiger partial charge is 0.0649 e. The molecule has 0 N–H and O–H groups in total. The van der Waals surface area contributed by atoms with E-state index in [0.717, 1.165) is 10.8 Å². The van der Waals surface area contributed by atoms with Crippen molar-refractivity contribution in [3.8, 4) is 0 Å². The van der Waals surface area contributed by atoms with E-state index in [-0.39, 0.29) is 0 Å². The Morgan fingerprint density at radius 1 is 1.55 bits per heavy atom. The second-order valence-electron chi connectivity index (χ2n) is 2.38. The molecule has 0 spiro atoms. The third-order valence-corrected chi connectivity index (χ3v) is 2.23. The van der Waals surface area contributed by atoms with Gasteiger partial charge in [-0.05, 0) is 23.8 Å². The Morgan fingerprint density at radius 2 is 2.45 bits per heavy atom. The van der Waals surface area contributed by atoms with Crippen molar-refractivity contribution in [3.05, 3.63) is 36.2 Å². The first-order valence-corrected chi connectivity index (χ1v) is 4.50. The molecule has 2 heterocycles. The highest BCUT2D eigenvalue weighted by molar-refractivity contribution is 9.08. The third-order valence-electron chi connectivity index (χ3n) is 1.58. The van der Waals surface area contributed by atoms with Crippen LogP contribution >= 0.6 is 15.9 Å². The number of nitrogens with zero attached hydrogens (tertiary/aromatic N) is 2. The molecule has 0 bridgehead atoms. The Kier molecular flexibility index (Phi) is 1.66. The molecule has 2 aromatic heterocycles. The molecule has 0 amide bonds. The summed E-state index contributed by atoms with van der Waals surface area (Å²) in [6.45, 7) is 0. The maximum absolute atomic E-state index is 4.15. The average Bonchev–Trinajstić information content (AvgIpc) is 2.46. The lowest BCUT2D eigenvalue weighted by Gasteiger charge is -1.87. The molecule has 56 valence electrons. The first-order valence-electron chi connectivity index (χ1n) is 3.38. The Labute approximate surface area is 73.0 Å². The van der Waals surface area contributed by atoms with E-state index in [0.29, 0.717) is 0 Å². The van der Waals surface area contributed by atoms with Gasteiger partial charge in [0, 0.05) is 17.7 Å². The summed E-state index contributed by atoms with van der Waals surface area (Å²) >= 11 is 3.39. The van der Waals surface area contributed by atoms with Crippen LogP contribution in [0.5, 0.6) is 0 Å². The highest BCUT2D eigenvalue weighted by Gasteiger charge is 1.95. The van der Waals surface area contributed by atoms with Gasteiger partial charge in [0.05, 0.1) is 5.52 Å². The summed E-state index contributed by atoms with van der Waals surface area (Å²) in [5, 5.41) is 5.03. The van der Waals surface area contributed by atoms with Gasteiger partial charge in [0.15, 0.2) is 0 Å². The zero-order valence-electron chi connectivity index (χ0n) is 5.87. The van der Waals surface area contributed by atoms with E-state index in [1.165, 1.54) is 5.56 Å². The number of alkyl halides is 1. The van der Waals surface area contributed by atoms with Gasteiger partial charge >= 0.3 is 0 Å². The fourth-order valence-electron chi connectivity index (χ4n) is 1.07. The molecule has 0 aliphatic heterocycles. The fraction of sp³-hybridized carbons (Fsp3) is 0.125. The summed E-state index contributed by atoms with van der Waals surface area (Å²) in [5.74, 6) is 0. The van der Waals surface area contributed by atoms with Crippen LogP contribution in [0.2, 0.25) is 0 Å². The van der Waals surface area contributed by atoms with E-state index < -0.39 is 0 Å². The van der Waals surface area contributed by atoms with Crippen LogP contribution in [-0.2, 0) is 5.33 Å². The molecular formula is C8H7BrN2. The molecule has 0 saturated carbocycles. The summed E-state index contributed by atoms with van der Waals surface area (Å²) in [7, 11) is 0. The van der Waals surface area contributed by atoms with Gasteiger partial charge in [-0.3, -0.25) is 0 Å². The predicted octanol–water partition coefficient (Wildman–Crippen LogP) is 2.23. The van der Waals surface area contributed by atoms with Crippen LogP contribution in [0.1, 0.15) is 5.56 Å². The average molecular weight is 211 g/mol. The molecule has 2 aromatic rings. The lowest BCUT2D eigenvalue weighted by atomic mass is 10.4. The van der Waals surface area contributed by atoms with Gasteiger partial charge < -0.3 is 0 Å². The second kappa shape index (κ2) is 2.66. The maximum Gasteiger partial charge on any atom is 0.0649 e. The van der Waals surface area contributed by atoms with Gasteiger partial charge in [0.1, 0.15) is 0 Å². The van der Waals surface area contributed by atoms with Gasteiger partial charge in [-0.2, -0.15) is 5.10 Å². The van der Waals surface area contributed by atoms with E-state index in [1.807, 2.05) is 22.8 Å². The van der Waals surface area contributed by atoms with Crippen molar-refractivity contribution in [1.82, 2.24) is 9.61 Å². The van der Waals surface area contributed by atoms with Crippen LogP contribution in [-0.4, -0.2) is 9.61 Å². The summed E-state index contributed by atoms with van der Waals surface area (Å²) < 4.78 is 1.87. The van der Waals surface area contributed by atoms with Crippen LogP contribution in [0.25, 0.3) is 5.52 Å². The monoisotopic (exact) mass is 210 g/mol. The maximum atomic E-state index is 4.15. The molecule has 0 saturated heterocycles. The minimum atomic E-state index is 0.885. The number of rotatable bonds is 1. The zero-order valence-corrected chi connectivity index (χ0v) is 7.45. The molecule has 0 aliphatic rings. The Balaban J connectivity index is 2.69. The standard InChI is InChI=1S/C8H7BrN2/c9-5-7-4-8-2-1-3-10-11(8)6-7/h1-4,6H,5H2. The van der Waals surface area contributed by atoms with Crippen LogP contribution in [0.15, 0.2) is 30.6 Å². The Morgan fingerprint density at radius 3 is 3.18 bits per heavy atom. The van der Waals surface area contributed by atoms with E-state index in [9.17, 15) is 0 Å². The van der Waals surface area contributed by atoms with E-state index in [4.69, 9.17) is 0 Å². The van der Waals surface area contributed by atoms with Crippen molar-refractivity contribution < 1.29 is 0 Å². The van der Waals surface area contributed by atoms with Crippen molar-refractivity contribution in [1.29, 1.82) is 0 Å². The number of aromatic nitrogens is 2. The number of hydrogen-bond acceptors (Lipinski definition) is 1. The highest BCUT2D eigenvalue weighted by atomic mass is 79.9. The van der Waals surface area contributed by atoms with Gasteiger partial charge in [-0.15, -0.1) is 0 Å². The molecule has 0 atom stereocenters. The first-order chi connectivity index (χ1) is 5.40. The zero-order chi connectivity index (χ0) is 7.68. The van der Waals surface area contributed by atoms with Gasteiger partial charge in [-0.1, -0.05) is 15.9 Å². The quantitative estimate of drug-likeness (QED) is 0.661. The molecule has 0 radical (unpaired) electrons. The normalized spacial score (nSPS) is 10.6. The molecule has 0 aliphatic carbocycles. The molecule has 3 heteroatoms. The first kappa shape index (κ1) is 6.85. The Bertz CT molecular complexity index is 334. The topological polar surface area (TPSA) is 17.3 Å². The van der Waals surface area contributed by atoms with Gasteiger partial charge in [0.25, 0.3) is 0 Å². The molecule has 2 nitrogen and oxygen atoms in total. The van der Waals surface area contributed by atoms with Crippen LogP contribution in [0.3, 0.4) is 0 Å². The van der Waals surface area contributed by atoms with E-state index in [1.54, 1.807) is 6.20 Å². The lowest BCUT2D eigenvalue weighted by molar-refractivity contribution is 0.937. The molecule has 11 heavy (non-hydrogen) atoms. The molecule has 0 unspecified atom stereocenters. The van der Waals surface area contributed by atoms with E-state index in [2.05, 4.69) is 27.1 Å². The van der Waals surface area contributed by atoms with Crippen molar-refractivity contribution >= 4 is 21.4 Å². The molecule has 0 fully saturated rings. The van der Waals surface area contributed by atoms with Crippen LogP contribution in [0.4, 0.5) is 0 Å². The largest absolute Gasteiger partial charge is 0.241 e. The van der Waals surface area contributed by atoms with Crippen LogP contribution in [0, 0.1) is 0 Å². The third kappa shape index (κ3) is 1.16. The number of halogens is 1. The molecular weight excluding hydrogens is 204 g/mol. The number of hydrogen-bond donors (Lipinski definition) is 0. The van der Waals surface area contributed by atoms with Crippen molar-refractivity contribution in [2.75, 3.05) is 0 Å². The lowest BCUT2D eigenvalue weighted by Crippen LogP contribution is -1.84. The summed E-state index contributed by atoms with van der Waals surface area (Å²) in [6, 6.07) is 6.09. The van der Waals surface area contributed by atoms with Crippen LogP contribution < -0.4 is 0 Å². The Hall–Kier alpha value is -0.830. The highest BCUT2D eigenvalue weighted by Crippen LogP contribution is 2.10. The molecule has 0 aromatic carbocycles. The molecule has 2 rings (SSSR count). The van der Waals surface area contributed by atoms with Crippen molar-refractivity contribution in [2.45, 2.75) is 5.33 Å². The summed E-state index contributed by atoms with van der Waals surface area (Å²) in [5.41, 5.74) is 2.39. The number of fused-ring (bicyclic) bond motifs is 1. The fourth-order valence-corrected chi connectivity index (χ4v) is 1.38. The summed E-state index contributed by atoms with van der Waals surface area (Å²) in [6.07, 6.45) is 3.80. The SMILES string of the molecule is BrCc1cc2cccnn2c1. The van der Waals surface area contributed by atoms with Crippen molar-refractivity contribution in [2.24, 2.45) is 0 Å². The van der Waals surface area contributed by atoms with Gasteiger partial charge in [-0.25, -0.2) is 4.52 Å². The van der Waals surface area contributed by atoms with Crippen molar-refractivity contribution in [3.63, 3.8) is 0 Å². The van der Waals surface area contributed by atoms with Gasteiger partial charge in [0.2, 0.25) is 0 Å². The second-order valence-corrected chi connectivity index (χ2v) is 2.94. The summed E-state index contributed by atoms with van der Waals surface area (Å²) in [4.78, 5) is 0. The minimum Gasteiger partial charge on any atom is -0.241 e. The predicted molar refractivity (Wildman–Crippen MR) is 47.8 cm³/mol. The minimum absolute atomic E-state index is 0.885. The van der Waals surface area contributed by atoms with E-state index >= 15 is 0 Å².